The Balaban J connectivity index is 1.84. The van der Waals surface area contributed by atoms with Gasteiger partial charge >= 0.3 is 0 Å². The van der Waals surface area contributed by atoms with E-state index in [9.17, 15) is 13.2 Å². The Labute approximate surface area is 134 Å². The van der Waals surface area contributed by atoms with Crippen molar-refractivity contribution >= 4 is 21.6 Å². The van der Waals surface area contributed by atoms with Crippen LogP contribution in [0.5, 0.6) is 0 Å². The van der Waals surface area contributed by atoms with Crippen molar-refractivity contribution in [2.75, 3.05) is 11.9 Å². The zero-order valence-electron chi connectivity index (χ0n) is 13.2. The summed E-state index contributed by atoms with van der Waals surface area (Å²) in [5, 5.41) is 6.88. The largest absolute Gasteiger partial charge is 0.315 e. The fraction of sp³-hybridized carbons (Fsp3) is 0.333. The van der Waals surface area contributed by atoms with E-state index in [1.165, 1.54) is 11.0 Å². The third-order valence-electron chi connectivity index (χ3n) is 4.16. The second kappa shape index (κ2) is 5.47. The van der Waals surface area contributed by atoms with E-state index in [1.807, 2.05) is 13.8 Å². The highest BCUT2D eigenvalue weighted by Gasteiger charge is 2.26. The first kappa shape index (κ1) is 15.7. The molecule has 8 heteroatoms. The first-order valence-electron chi connectivity index (χ1n) is 7.19. The number of aryl methyl sites for hydroxylation is 2. The van der Waals surface area contributed by atoms with Crippen LogP contribution in [0.2, 0.25) is 0 Å². The maximum Gasteiger partial charge on any atom is 0.240 e. The number of benzene rings is 1. The fourth-order valence-electron chi connectivity index (χ4n) is 2.70. The minimum absolute atomic E-state index is 0.0350. The molecule has 0 atom stereocenters. The molecule has 0 unspecified atom stereocenters. The van der Waals surface area contributed by atoms with Gasteiger partial charge < -0.3 is 4.90 Å². The number of rotatable bonds is 4. The summed E-state index contributed by atoms with van der Waals surface area (Å²) in [7, 11) is -1.96. The maximum absolute atomic E-state index is 12.5. The van der Waals surface area contributed by atoms with E-state index in [1.54, 1.807) is 19.2 Å². The van der Waals surface area contributed by atoms with Crippen LogP contribution in [0.4, 0.5) is 5.69 Å². The van der Waals surface area contributed by atoms with Crippen molar-refractivity contribution in [3.63, 3.8) is 0 Å². The van der Waals surface area contributed by atoms with Crippen LogP contribution >= 0.6 is 0 Å². The van der Waals surface area contributed by atoms with Crippen LogP contribution in [0, 0.1) is 13.8 Å². The second-order valence-electron chi connectivity index (χ2n) is 5.66. The molecular weight excluding hydrogens is 316 g/mol. The Morgan fingerprint density at radius 2 is 2.09 bits per heavy atom. The minimum atomic E-state index is -3.65. The summed E-state index contributed by atoms with van der Waals surface area (Å²) < 4.78 is 27.5. The molecule has 1 amide bonds. The molecule has 0 radical (unpaired) electrons. The van der Waals surface area contributed by atoms with Crippen molar-refractivity contribution in [2.24, 2.45) is 0 Å². The van der Waals surface area contributed by atoms with Gasteiger partial charge in [-0.25, -0.2) is 13.1 Å². The second-order valence-corrected chi connectivity index (χ2v) is 7.42. The SMILES string of the molecule is Cc1n[nH]c(C)c1CNS(=O)(=O)c1ccc2c(c1)CC(=O)N2C. The molecule has 3 rings (SSSR count). The van der Waals surface area contributed by atoms with Gasteiger partial charge in [-0.15, -0.1) is 0 Å². The molecule has 2 heterocycles. The van der Waals surface area contributed by atoms with Gasteiger partial charge in [0.1, 0.15) is 0 Å². The highest BCUT2D eigenvalue weighted by molar-refractivity contribution is 7.89. The van der Waals surface area contributed by atoms with Crippen molar-refractivity contribution in [3.05, 3.63) is 40.7 Å². The van der Waals surface area contributed by atoms with Gasteiger partial charge in [0.15, 0.2) is 0 Å². The van der Waals surface area contributed by atoms with E-state index in [2.05, 4.69) is 14.9 Å². The lowest BCUT2D eigenvalue weighted by Gasteiger charge is -2.11. The van der Waals surface area contributed by atoms with Crippen LogP contribution < -0.4 is 9.62 Å². The summed E-state index contributed by atoms with van der Waals surface area (Å²) in [6, 6.07) is 4.75. The first-order chi connectivity index (χ1) is 10.8. The number of fused-ring (bicyclic) bond motifs is 1. The van der Waals surface area contributed by atoms with Crippen LogP contribution in [0.3, 0.4) is 0 Å². The summed E-state index contributed by atoms with van der Waals surface area (Å²) >= 11 is 0. The maximum atomic E-state index is 12.5. The molecule has 1 aromatic carbocycles. The predicted molar refractivity (Wildman–Crippen MR) is 85.6 cm³/mol. The number of aromatic nitrogens is 2. The van der Waals surface area contributed by atoms with Crippen molar-refractivity contribution in [2.45, 2.75) is 31.7 Å². The summed E-state index contributed by atoms with van der Waals surface area (Å²) in [5.74, 6) is -0.0350. The van der Waals surface area contributed by atoms with Crippen molar-refractivity contribution in [3.8, 4) is 0 Å². The summed E-state index contributed by atoms with van der Waals surface area (Å²) in [6.45, 7) is 3.84. The van der Waals surface area contributed by atoms with Gasteiger partial charge in [0.05, 0.1) is 17.0 Å². The van der Waals surface area contributed by atoms with Gasteiger partial charge in [0, 0.05) is 30.5 Å². The van der Waals surface area contributed by atoms with Gasteiger partial charge in [0.25, 0.3) is 0 Å². The number of nitrogens with zero attached hydrogens (tertiary/aromatic N) is 2. The third kappa shape index (κ3) is 2.75. The number of hydrogen-bond donors (Lipinski definition) is 2. The van der Waals surface area contributed by atoms with Gasteiger partial charge in [0.2, 0.25) is 15.9 Å². The Hall–Kier alpha value is -2.19. The molecule has 0 spiro atoms. The Kier molecular flexibility index (Phi) is 3.73. The zero-order chi connectivity index (χ0) is 16.8. The van der Waals surface area contributed by atoms with Gasteiger partial charge in [-0.3, -0.25) is 9.89 Å². The molecule has 1 aliphatic heterocycles. The quantitative estimate of drug-likeness (QED) is 0.873. The Bertz CT molecular complexity index is 867. The smallest absolute Gasteiger partial charge is 0.240 e. The van der Waals surface area contributed by atoms with Gasteiger partial charge in [-0.1, -0.05) is 0 Å². The highest BCUT2D eigenvalue weighted by Crippen LogP contribution is 2.29. The molecule has 0 bridgehead atoms. The Morgan fingerprint density at radius 3 is 2.74 bits per heavy atom. The van der Waals surface area contributed by atoms with Crippen molar-refractivity contribution in [1.29, 1.82) is 0 Å². The molecule has 0 fully saturated rings. The molecule has 1 aliphatic rings. The molecule has 0 saturated heterocycles. The molecule has 2 aromatic rings. The number of likely N-dealkylation sites (N-methyl/N-ethyl adjacent to an activating group) is 1. The lowest BCUT2D eigenvalue weighted by Crippen LogP contribution is -2.24. The fourth-order valence-corrected chi connectivity index (χ4v) is 3.74. The zero-order valence-corrected chi connectivity index (χ0v) is 14.0. The van der Waals surface area contributed by atoms with E-state index < -0.39 is 10.0 Å². The molecular formula is C15H18N4O3S. The normalized spacial score (nSPS) is 14.4. The first-order valence-corrected chi connectivity index (χ1v) is 8.67. The van der Waals surface area contributed by atoms with E-state index >= 15 is 0 Å². The molecule has 2 N–H and O–H groups in total. The third-order valence-corrected chi connectivity index (χ3v) is 5.56. The summed E-state index contributed by atoms with van der Waals surface area (Å²) in [5.41, 5.74) is 3.94. The summed E-state index contributed by atoms with van der Waals surface area (Å²) in [6.07, 6.45) is 0.231. The number of anilines is 1. The lowest BCUT2D eigenvalue weighted by atomic mass is 10.2. The Morgan fingerprint density at radius 1 is 1.35 bits per heavy atom. The molecule has 122 valence electrons. The number of H-pyrrole nitrogens is 1. The predicted octanol–water partition coefficient (Wildman–Crippen LogP) is 1.02. The van der Waals surface area contributed by atoms with Gasteiger partial charge in [-0.05, 0) is 37.6 Å². The molecule has 23 heavy (non-hydrogen) atoms. The van der Waals surface area contributed by atoms with Gasteiger partial charge in [-0.2, -0.15) is 5.10 Å². The molecule has 0 saturated carbocycles. The number of amides is 1. The number of carbonyl (C=O) groups excluding carboxylic acids is 1. The van der Waals surface area contributed by atoms with E-state index in [0.717, 1.165) is 28.2 Å². The number of aromatic amines is 1. The average Bonchev–Trinajstić information content (AvgIpc) is 2.97. The van der Waals surface area contributed by atoms with E-state index in [-0.39, 0.29) is 23.8 Å². The minimum Gasteiger partial charge on any atom is -0.315 e. The van der Waals surface area contributed by atoms with Crippen LogP contribution in [0.25, 0.3) is 0 Å². The number of nitrogens with one attached hydrogen (secondary N) is 2. The molecule has 7 nitrogen and oxygen atoms in total. The van der Waals surface area contributed by atoms with E-state index in [0.29, 0.717) is 0 Å². The highest BCUT2D eigenvalue weighted by atomic mass is 32.2. The topological polar surface area (TPSA) is 95.2 Å². The number of sulfonamides is 1. The average molecular weight is 334 g/mol. The van der Waals surface area contributed by atoms with Crippen LogP contribution in [-0.4, -0.2) is 31.6 Å². The van der Waals surface area contributed by atoms with E-state index in [4.69, 9.17) is 0 Å². The van der Waals surface area contributed by atoms with Crippen molar-refractivity contribution < 1.29 is 13.2 Å². The standard InChI is InChI=1S/C15H18N4O3S/c1-9-13(10(2)18-17-9)8-16-23(21,22)12-4-5-14-11(6-12)7-15(20)19(14)3/h4-6,16H,7-8H2,1-3H3,(H,17,18). The van der Waals surface area contributed by atoms with Crippen LogP contribution in [-0.2, 0) is 27.8 Å². The van der Waals surface area contributed by atoms with Crippen LogP contribution in [0.1, 0.15) is 22.5 Å². The monoisotopic (exact) mass is 334 g/mol. The van der Waals surface area contributed by atoms with Crippen molar-refractivity contribution in [1.82, 2.24) is 14.9 Å². The summed E-state index contributed by atoms with van der Waals surface area (Å²) in [4.78, 5) is 13.4. The number of hydrogen-bond acceptors (Lipinski definition) is 4. The molecule has 0 aliphatic carbocycles. The number of carbonyl (C=O) groups is 1. The van der Waals surface area contributed by atoms with Crippen LogP contribution in [0.15, 0.2) is 23.1 Å². The lowest BCUT2D eigenvalue weighted by molar-refractivity contribution is -0.117. The molecule has 1 aromatic heterocycles.